The molecular weight excluding hydrogens is 388 g/mol. The van der Waals surface area contributed by atoms with Gasteiger partial charge in [0.25, 0.3) is 0 Å². The van der Waals surface area contributed by atoms with Crippen LogP contribution in [0.4, 0.5) is 0 Å². The highest BCUT2D eigenvalue weighted by Gasteiger charge is 2.60. The summed E-state index contributed by atoms with van der Waals surface area (Å²) in [4.78, 5) is 34.9. The van der Waals surface area contributed by atoms with Crippen LogP contribution >= 0.6 is 11.8 Å². The third kappa shape index (κ3) is 3.75. The molecule has 1 aromatic rings. The second-order valence-corrected chi connectivity index (χ2v) is 8.89. The summed E-state index contributed by atoms with van der Waals surface area (Å²) in [5, 5.41) is 0.604. The van der Waals surface area contributed by atoms with Crippen molar-refractivity contribution in [2.24, 2.45) is 11.8 Å². The number of rotatable bonds is 8. The number of nitrogens with zero attached hydrogens (tertiary/aromatic N) is 2. The first-order valence-corrected chi connectivity index (χ1v) is 11.8. The molecule has 3 heterocycles. The van der Waals surface area contributed by atoms with Crippen LogP contribution in [0.25, 0.3) is 5.57 Å². The average molecular weight is 417 g/mol. The Morgan fingerprint density at radius 1 is 1.24 bits per heavy atom. The van der Waals surface area contributed by atoms with Crippen LogP contribution in [0.3, 0.4) is 0 Å². The number of Topliss-reactive ketones (excluding diaryl/α,β-unsaturated/α-hetero) is 1. The van der Waals surface area contributed by atoms with E-state index >= 15 is 0 Å². The Labute approximate surface area is 175 Å². The number of esters is 1. The van der Waals surface area contributed by atoms with E-state index in [2.05, 4.69) is 16.9 Å². The number of fused-ring (bicyclic) bond motifs is 5. The number of ether oxygens (including phenoxy) is 2. The van der Waals surface area contributed by atoms with Gasteiger partial charge in [0, 0.05) is 12.6 Å². The van der Waals surface area contributed by atoms with Crippen molar-refractivity contribution in [3.63, 3.8) is 0 Å². The lowest BCUT2D eigenvalue weighted by Crippen LogP contribution is -2.29. The number of thioether (sulfide) groups is 1. The summed E-state index contributed by atoms with van der Waals surface area (Å²) in [5.41, 5.74) is 1.88. The molecule has 4 atom stereocenters. The Morgan fingerprint density at radius 2 is 2.00 bits per heavy atom. The van der Waals surface area contributed by atoms with Gasteiger partial charge in [-0.15, -0.1) is 0 Å². The molecule has 0 N–H and O–H groups in total. The van der Waals surface area contributed by atoms with Gasteiger partial charge in [-0.05, 0) is 38.0 Å². The topological polar surface area (TPSA) is 78.4 Å². The minimum atomic E-state index is -0.262. The number of aromatic nitrogens is 2. The molecule has 0 spiro atoms. The molecule has 0 radical (unpaired) electrons. The van der Waals surface area contributed by atoms with Crippen molar-refractivity contribution in [1.29, 1.82) is 0 Å². The molecule has 1 aromatic heterocycles. The third-order valence-electron chi connectivity index (χ3n) is 6.20. The predicted octanol–water partition coefficient (Wildman–Crippen LogP) is 4.11. The van der Waals surface area contributed by atoms with Crippen molar-refractivity contribution >= 4 is 29.1 Å². The van der Waals surface area contributed by atoms with Crippen LogP contribution in [0.2, 0.25) is 0 Å². The number of carbonyl (C=O) groups is 2. The second-order valence-electron chi connectivity index (χ2n) is 8.12. The van der Waals surface area contributed by atoms with Crippen LogP contribution in [0, 0.1) is 18.8 Å². The molecule has 6 nitrogen and oxygen atoms in total. The van der Waals surface area contributed by atoms with Gasteiger partial charge in [-0.2, -0.15) is 0 Å². The fourth-order valence-electron chi connectivity index (χ4n) is 4.80. The normalized spacial score (nSPS) is 27.6. The van der Waals surface area contributed by atoms with E-state index in [4.69, 9.17) is 9.47 Å². The minimum Gasteiger partial charge on any atom is -0.430 e. The van der Waals surface area contributed by atoms with Gasteiger partial charge in [-0.25, -0.2) is 9.97 Å². The van der Waals surface area contributed by atoms with Crippen molar-refractivity contribution in [2.75, 3.05) is 6.26 Å². The lowest BCUT2D eigenvalue weighted by Gasteiger charge is -2.21. The highest BCUT2D eigenvalue weighted by atomic mass is 32.2. The molecule has 7 heteroatoms. The minimum absolute atomic E-state index is 0.00448. The van der Waals surface area contributed by atoms with E-state index in [-0.39, 0.29) is 35.8 Å². The smallest absolute Gasteiger partial charge is 0.310 e. The molecule has 156 valence electrons. The molecule has 2 bridgehead atoms. The van der Waals surface area contributed by atoms with Gasteiger partial charge < -0.3 is 9.47 Å². The first-order valence-electron chi connectivity index (χ1n) is 10.6. The van der Waals surface area contributed by atoms with Gasteiger partial charge in [-0.1, -0.05) is 37.9 Å². The molecule has 2 saturated heterocycles. The Morgan fingerprint density at radius 3 is 2.72 bits per heavy atom. The highest BCUT2D eigenvalue weighted by Crippen LogP contribution is 2.54. The van der Waals surface area contributed by atoms with Gasteiger partial charge in [0.2, 0.25) is 0 Å². The van der Waals surface area contributed by atoms with Crippen molar-refractivity contribution in [1.82, 2.24) is 9.97 Å². The van der Waals surface area contributed by atoms with Crippen LogP contribution in [-0.4, -0.2) is 40.2 Å². The summed E-state index contributed by atoms with van der Waals surface area (Å²) in [7, 11) is 0. The zero-order valence-electron chi connectivity index (χ0n) is 17.3. The molecule has 2 fully saturated rings. The molecule has 1 aliphatic carbocycles. The van der Waals surface area contributed by atoms with Crippen LogP contribution in [0.5, 0.6) is 0 Å². The molecule has 0 saturated carbocycles. The van der Waals surface area contributed by atoms with Crippen LogP contribution in [0.1, 0.15) is 63.1 Å². The van der Waals surface area contributed by atoms with E-state index < -0.39 is 0 Å². The summed E-state index contributed by atoms with van der Waals surface area (Å²) in [6.07, 6.45) is 9.74. The zero-order valence-corrected chi connectivity index (χ0v) is 18.1. The molecular formula is C22H28N2O4S. The SMILES string of the molecule is CCCCCCC(=O)OC1=C(c2nc(SC)ncc2C)C(=O)[C@H]2[C@@H]1[C@@H]1CC[C@H]2O1. The van der Waals surface area contributed by atoms with Crippen molar-refractivity contribution in [2.45, 2.75) is 76.2 Å². The van der Waals surface area contributed by atoms with E-state index in [0.29, 0.717) is 28.6 Å². The number of hydrogen-bond acceptors (Lipinski definition) is 7. The Bertz CT molecular complexity index is 853. The molecule has 4 rings (SSSR count). The maximum atomic E-state index is 13.4. The second kappa shape index (κ2) is 8.56. The van der Waals surface area contributed by atoms with E-state index in [0.717, 1.165) is 44.1 Å². The summed E-state index contributed by atoms with van der Waals surface area (Å²) in [5.74, 6) is -0.185. The summed E-state index contributed by atoms with van der Waals surface area (Å²) >= 11 is 1.43. The number of carbonyl (C=O) groups excluding carboxylic acids is 2. The maximum Gasteiger partial charge on any atom is 0.310 e. The van der Waals surface area contributed by atoms with Gasteiger partial charge in [-0.3, -0.25) is 9.59 Å². The Kier molecular flexibility index (Phi) is 6.06. The number of ketones is 1. The van der Waals surface area contributed by atoms with E-state index in [1.165, 1.54) is 11.8 Å². The number of aryl methyl sites for hydroxylation is 1. The number of allylic oxidation sites excluding steroid dienone is 1. The van der Waals surface area contributed by atoms with Gasteiger partial charge in [0.05, 0.1) is 35.3 Å². The van der Waals surface area contributed by atoms with E-state index in [9.17, 15) is 9.59 Å². The lowest BCUT2D eigenvalue weighted by molar-refractivity contribution is -0.140. The largest absolute Gasteiger partial charge is 0.430 e. The van der Waals surface area contributed by atoms with Gasteiger partial charge in [0.15, 0.2) is 10.9 Å². The third-order valence-corrected chi connectivity index (χ3v) is 6.76. The van der Waals surface area contributed by atoms with Crippen molar-refractivity contribution < 1.29 is 19.1 Å². The molecule has 0 unspecified atom stereocenters. The Hall–Kier alpha value is -1.73. The maximum absolute atomic E-state index is 13.4. The van der Waals surface area contributed by atoms with E-state index in [1.54, 1.807) is 6.20 Å². The quantitative estimate of drug-likeness (QED) is 0.273. The molecule has 0 aromatic carbocycles. The Balaban J connectivity index is 1.67. The van der Waals surface area contributed by atoms with Crippen molar-refractivity contribution in [3.8, 4) is 0 Å². The number of hydrogen-bond donors (Lipinski definition) is 0. The van der Waals surface area contributed by atoms with E-state index in [1.807, 2.05) is 13.2 Å². The lowest BCUT2D eigenvalue weighted by atomic mass is 9.80. The monoisotopic (exact) mass is 416 g/mol. The fourth-order valence-corrected chi connectivity index (χ4v) is 5.14. The zero-order chi connectivity index (χ0) is 20.5. The van der Waals surface area contributed by atoms with Crippen LogP contribution in [-0.2, 0) is 19.1 Å². The molecule has 0 amide bonds. The summed E-state index contributed by atoms with van der Waals surface area (Å²) in [6, 6.07) is 0. The standard InChI is InChI=1S/C22H28N2O4S/c1-4-5-6-7-8-15(25)28-21-17-14-10-9-13(27-14)16(17)20(26)18(21)19-12(2)11-23-22(24-19)29-3/h11,13-14,16-17H,4-10H2,1-3H3/t13-,14+,16-,17+/m1/s1. The highest BCUT2D eigenvalue weighted by molar-refractivity contribution is 7.98. The summed E-state index contributed by atoms with van der Waals surface area (Å²) in [6.45, 7) is 4.03. The molecule has 2 aliphatic heterocycles. The van der Waals surface area contributed by atoms with Crippen LogP contribution < -0.4 is 0 Å². The van der Waals surface area contributed by atoms with Gasteiger partial charge >= 0.3 is 5.97 Å². The fraction of sp³-hybridized carbons (Fsp3) is 0.636. The average Bonchev–Trinajstić information content (AvgIpc) is 3.40. The number of unbranched alkanes of at least 4 members (excludes halogenated alkanes) is 3. The van der Waals surface area contributed by atoms with Crippen LogP contribution in [0.15, 0.2) is 17.1 Å². The van der Waals surface area contributed by atoms with Gasteiger partial charge in [0.1, 0.15) is 5.76 Å². The summed E-state index contributed by atoms with van der Waals surface area (Å²) < 4.78 is 11.9. The predicted molar refractivity (Wildman–Crippen MR) is 110 cm³/mol. The molecule has 29 heavy (non-hydrogen) atoms. The first-order chi connectivity index (χ1) is 14.0. The first kappa shape index (κ1) is 20.5. The molecule has 3 aliphatic rings. The van der Waals surface area contributed by atoms with Crippen molar-refractivity contribution in [3.05, 3.63) is 23.2 Å².